The van der Waals surface area contributed by atoms with Gasteiger partial charge in [0.25, 0.3) is 0 Å². The Morgan fingerprint density at radius 2 is 1.55 bits per heavy atom. The van der Waals surface area contributed by atoms with Crippen molar-refractivity contribution in [2.75, 3.05) is 7.05 Å². The van der Waals surface area contributed by atoms with E-state index < -0.39 is 0 Å². The van der Waals surface area contributed by atoms with Crippen LogP contribution in [0.15, 0.2) is 39.4 Å². The number of allylic oxidation sites excluding steroid dienone is 6. The van der Waals surface area contributed by atoms with Crippen molar-refractivity contribution in [2.24, 2.45) is 16.8 Å². The van der Waals surface area contributed by atoms with E-state index in [-0.39, 0.29) is 5.78 Å². The lowest BCUT2D eigenvalue weighted by Gasteiger charge is -2.23. The summed E-state index contributed by atoms with van der Waals surface area (Å²) >= 11 is 0. The molecule has 0 rings (SSSR count). The van der Waals surface area contributed by atoms with Crippen LogP contribution in [-0.2, 0) is 4.79 Å². The van der Waals surface area contributed by atoms with Gasteiger partial charge >= 0.3 is 0 Å². The third kappa shape index (κ3) is 6.33. The Morgan fingerprint density at radius 3 is 1.95 bits per heavy atom. The zero-order chi connectivity index (χ0) is 17.4. The van der Waals surface area contributed by atoms with Crippen molar-refractivity contribution in [3.05, 3.63) is 34.4 Å². The number of hydrogen-bond acceptors (Lipinski definition) is 3. The van der Waals surface area contributed by atoms with E-state index >= 15 is 0 Å². The first kappa shape index (κ1) is 20.2. The summed E-state index contributed by atoms with van der Waals surface area (Å²) in [6.07, 6.45) is 5.64. The second-order valence-electron chi connectivity index (χ2n) is 6.06. The average Bonchev–Trinajstić information content (AvgIpc) is 2.43. The van der Waals surface area contributed by atoms with Crippen molar-refractivity contribution in [2.45, 2.75) is 48.5 Å². The Morgan fingerprint density at radius 1 is 1.00 bits per heavy atom. The Hall–Kier alpha value is -1.77. The Kier molecular flexibility index (Phi) is 8.54. The highest BCUT2D eigenvalue weighted by atomic mass is 16.1. The van der Waals surface area contributed by atoms with Crippen LogP contribution in [0.4, 0.5) is 0 Å². The highest BCUT2D eigenvalue weighted by Gasteiger charge is 2.17. The number of carbonyl (C=O) groups is 1. The Balaban J connectivity index is 5.70. The summed E-state index contributed by atoms with van der Waals surface area (Å²) in [5.74, 6) is 0.706. The maximum Gasteiger partial charge on any atom is 0.155 e. The molecular formula is C19H30N2O. The van der Waals surface area contributed by atoms with Crippen LogP contribution in [0.2, 0.25) is 0 Å². The molecule has 0 aliphatic carbocycles. The van der Waals surface area contributed by atoms with Gasteiger partial charge in [0.1, 0.15) is 0 Å². The molecule has 0 radical (unpaired) electrons. The van der Waals surface area contributed by atoms with Crippen LogP contribution >= 0.6 is 0 Å². The molecule has 1 N–H and O–H groups in total. The van der Waals surface area contributed by atoms with Gasteiger partial charge in [0.15, 0.2) is 5.78 Å². The van der Waals surface area contributed by atoms with E-state index in [4.69, 9.17) is 5.41 Å². The third-order valence-electron chi connectivity index (χ3n) is 4.25. The van der Waals surface area contributed by atoms with Gasteiger partial charge in [-0.05, 0) is 69.8 Å². The molecule has 0 unspecified atom stereocenters. The highest BCUT2D eigenvalue weighted by molar-refractivity contribution is 5.95. The summed E-state index contributed by atoms with van der Waals surface area (Å²) in [6.45, 7) is 13.7. The van der Waals surface area contributed by atoms with Crippen LogP contribution in [0.25, 0.3) is 0 Å². The minimum absolute atomic E-state index is 0.0750. The van der Waals surface area contributed by atoms with Crippen LogP contribution in [0.3, 0.4) is 0 Å². The van der Waals surface area contributed by atoms with Gasteiger partial charge in [0.2, 0.25) is 0 Å². The molecule has 0 aliphatic heterocycles. The van der Waals surface area contributed by atoms with E-state index in [2.05, 4.69) is 32.7 Å². The molecule has 0 aromatic heterocycles. The van der Waals surface area contributed by atoms with Gasteiger partial charge in [-0.25, -0.2) is 0 Å². The molecule has 0 saturated carbocycles. The summed E-state index contributed by atoms with van der Waals surface area (Å²) in [5.41, 5.74) is 4.69. The molecule has 0 fully saturated rings. The summed E-state index contributed by atoms with van der Waals surface area (Å²) in [4.78, 5) is 15.6. The molecule has 3 heteroatoms. The predicted octanol–water partition coefficient (Wildman–Crippen LogP) is 4.80. The summed E-state index contributed by atoms with van der Waals surface area (Å²) in [6, 6.07) is 0. The molecule has 22 heavy (non-hydrogen) atoms. The van der Waals surface area contributed by atoms with Gasteiger partial charge in [-0.2, -0.15) is 0 Å². The lowest BCUT2D eigenvalue weighted by molar-refractivity contribution is -0.113. The zero-order valence-electron chi connectivity index (χ0n) is 15.2. The van der Waals surface area contributed by atoms with Gasteiger partial charge in [-0.15, -0.1) is 0 Å². The van der Waals surface area contributed by atoms with Crippen molar-refractivity contribution in [3.63, 3.8) is 0 Å². The van der Waals surface area contributed by atoms with E-state index in [0.29, 0.717) is 17.5 Å². The van der Waals surface area contributed by atoms with Crippen molar-refractivity contribution in [1.82, 2.24) is 0 Å². The minimum atomic E-state index is 0.0750. The van der Waals surface area contributed by atoms with Gasteiger partial charge < -0.3 is 5.41 Å². The standard InChI is InChI=1S/C19H30N2O/c1-12(9-14(3)20)15(4)16(5)17(6)19(11-21-8)10-13(2)18(7)22/h9-11,15-16,20H,1-8H3/b12-9-,13-10+,19-17-,20-14?,21-11?/t15-,16+/m0/s1. The molecule has 3 nitrogen and oxygen atoms in total. The second-order valence-corrected chi connectivity index (χ2v) is 6.06. The molecule has 0 bridgehead atoms. The van der Waals surface area contributed by atoms with Crippen molar-refractivity contribution in [3.8, 4) is 0 Å². The zero-order valence-corrected chi connectivity index (χ0v) is 15.2. The number of nitrogens with zero attached hydrogens (tertiary/aromatic N) is 1. The fourth-order valence-corrected chi connectivity index (χ4v) is 2.23. The van der Waals surface area contributed by atoms with Crippen molar-refractivity contribution < 1.29 is 4.79 Å². The summed E-state index contributed by atoms with van der Waals surface area (Å²) in [5, 5.41) is 7.60. The maximum atomic E-state index is 11.5. The van der Waals surface area contributed by atoms with E-state index in [9.17, 15) is 4.79 Å². The van der Waals surface area contributed by atoms with Crippen LogP contribution < -0.4 is 0 Å². The predicted molar refractivity (Wildman–Crippen MR) is 97.0 cm³/mol. The number of nitrogens with one attached hydrogen (secondary N) is 1. The highest BCUT2D eigenvalue weighted by Crippen LogP contribution is 2.28. The number of hydrogen-bond donors (Lipinski definition) is 1. The Bertz CT molecular complexity index is 548. The molecular weight excluding hydrogens is 272 g/mol. The van der Waals surface area contributed by atoms with E-state index in [0.717, 1.165) is 11.1 Å². The largest absolute Gasteiger partial charge is 0.306 e. The smallest absolute Gasteiger partial charge is 0.155 e. The normalized spacial score (nSPS) is 17.3. The first-order valence-electron chi connectivity index (χ1n) is 7.67. The molecule has 0 amide bonds. The van der Waals surface area contributed by atoms with E-state index in [1.54, 1.807) is 20.9 Å². The lowest BCUT2D eigenvalue weighted by atomic mass is 9.82. The Labute approximate surface area is 135 Å². The molecule has 0 aromatic carbocycles. The number of carbonyl (C=O) groups excluding carboxylic acids is 1. The van der Waals surface area contributed by atoms with Crippen LogP contribution in [0, 0.1) is 17.2 Å². The maximum absolute atomic E-state index is 11.5. The third-order valence-corrected chi connectivity index (χ3v) is 4.25. The quantitative estimate of drug-likeness (QED) is 0.410. The first-order chi connectivity index (χ1) is 10.1. The van der Waals surface area contributed by atoms with Crippen LogP contribution in [0.1, 0.15) is 48.5 Å². The number of Topliss-reactive ketones (excluding diaryl/α,β-unsaturated/α-hetero) is 1. The monoisotopic (exact) mass is 302 g/mol. The average molecular weight is 302 g/mol. The van der Waals surface area contributed by atoms with Crippen molar-refractivity contribution >= 4 is 17.7 Å². The van der Waals surface area contributed by atoms with Crippen molar-refractivity contribution in [1.29, 1.82) is 5.41 Å². The van der Waals surface area contributed by atoms with Gasteiger partial charge in [-0.3, -0.25) is 9.79 Å². The molecule has 0 aliphatic rings. The molecule has 122 valence electrons. The fourth-order valence-electron chi connectivity index (χ4n) is 2.23. The van der Waals surface area contributed by atoms with E-state index in [1.165, 1.54) is 11.1 Å². The number of rotatable bonds is 7. The molecule has 0 saturated heterocycles. The SMILES string of the molecule is CN=CC(/C=C(\C)C(C)=O)=C(/C)[C@H](C)[C@@H](C)/C(C)=C\C(C)=N. The van der Waals surface area contributed by atoms with Crippen LogP contribution in [-0.4, -0.2) is 24.8 Å². The minimum Gasteiger partial charge on any atom is -0.306 e. The summed E-state index contributed by atoms with van der Waals surface area (Å²) < 4.78 is 0. The molecule has 0 aromatic rings. The van der Waals surface area contributed by atoms with Gasteiger partial charge in [0, 0.05) is 19.0 Å². The van der Waals surface area contributed by atoms with Crippen LogP contribution in [0.5, 0.6) is 0 Å². The first-order valence-corrected chi connectivity index (χ1v) is 7.67. The molecule has 0 heterocycles. The topological polar surface area (TPSA) is 53.3 Å². The fraction of sp³-hybridized carbons (Fsp3) is 0.526. The van der Waals surface area contributed by atoms with E-state index in [1.807, 2.05) is 25.3 Å². The molecule has 0 spiro atoms. The lowest BCUT2D eigenvalue weighted by Crippen LogP contribution is -2.13. The number of aliphatic imine (C=N–C) groups is 1. The van der Waals surface area contributed by atoms with Gasteiger partial charge in [0.05, 0.1) is 0 Å². The van der Waals surface area contributed by atoms with Gasteiger partial charge in [-0.1, -0.05) is 25.0 Å². The number of ketones is 1. The molecule has 2 atom stereocenters. The summed E-state index contributed by atoms with van der Waals surface area (Å²) in [7, 11) is 1.74. The second kappa shape index (κ2) is 9.29.